The second-order valence-electron chi connectivity index (χ2n) is 13.5. The van der Waals surface area contributed by atoms with E-state index in [1.807, 2.05) is 18.2 Å². The Kier molecular flexibility index (Phi) is 9.03. The molecule has 4 aliphatic rings. The van der Waals surface area contributed by atoms with E-state index in [2.05, 4.69) is 46.3 Å². The molecule has 4 heterocycles. The number of fused-ring (bicyclic) bond motifs is 2. The lowest BCUT2D eigenvalue weighted by atomic mass is 9.84. The van der Waals surface area contributed by atoms with Crippen LogP contribution in [0.4, 0.5) is 0 Å². The third kappa shape index (κ3) is 6.32. The molecule has 1 aliphatic carbocycles. The molecule has 7 heteroatoms. The first-order valence-electron chi connectivity index (χ1n) is 17.2. The number of carbonyl (C=O) groups excluding carboxylic acids is 1. The first-order valence-corrected chi connectivity index (χ1v) is 17.2. The molecule has 0 spiro atoms. The summed E-state index contributed by atoms with van der Waals surface area (Å²) in [5, 5.41) is 4.33. The van der Waals surface area contributed by atoms with Gasteiger partial charge >= 0.3 is 0 Å². The quantitative estimate of drug-likeness (QED) is 0.323. The summed E-state index contributed by atoms with van der Waals surface area (Å²) in [5.74, 6) is 1.92. The van der Waals surface area contributed by atoms with E-state index in [4.69, 9.17) is 14.5 Å². The topological polar surface area (TPSA) is 66.9 Å². The predicted molar refractivity (Wildman–Crippen MR) is 175 cm³/mol. The van der Waals surface area contributed by atoms with Gasteiger partial charge in [-0.3, -0.25) is 9.69 Å². The van der Waals surface area contributed by atoms with E-state index < -0.39 is 0 Å². The predicted octanol–water partition coefficient (Wildman–Crippen LogP) is 6.82. The van der Waals surface area contributed by atoms with Crippen LogP contribution in [0, 0.1) is 5.92 Å². The Labute approximate surface area is 262 Å². The Morgan fingerprint density at radius 1 is 0.886 bits per heavy atom. The first kappa shape index (κ1) is 29.5. The zero-order valence-electron chi connectivity index (χ0n) is 26.4. The second-order valence-corrected chi connectivity index (χ2v) is 13.5. The fourth-order valence-corrected chi connectivity index (χ4v) is 8.07. The summed E-state index contributed by atoms with van der Waals surface area (Å²) in [6.45, 7) is 8.49. The Morgan fingerprint density at radius 2 is 1.57 bits per heavy atom. The van der Waals surface area contributed by atoms with E-state index in [9.17, 15) is 4.79 Å². The van der Waals surface area contributed by atoms with Gasteiger partial charge in [-0.05, 0) is 83.6 Å². The molecule has 1 N–H and O–H groups in total. The minimum absolute atomic E-state index is 0.00235. The Hall–Kier alpha value is -3.16. The van der Waals surface area contributed by atoms with E-state index in [0.717, 1.165) is 46.4 Å². The van der Waals surface area contributed by atoms with Gasteiger partial charge in [0.25, 0.3) is 5.91 Å². The van der Waals surface area contributed by atoms with Gasteiger partial charge in [0.05, 0.1) is 16.8 Å². The van der Waals surface area contributed by atoms with Crippen LogP contribution in [0.3, 0.4) is 0 Å². The van der Waals surface area contributed by atoms with Crippen LogP contribution in [0.15, 0.2) is 42.5 Å². The van der Waals surface area contributed by atoms with Crippen LogP contribution < -0.4 is 14.8 Å². The SMILES string of the molecule is C[C@H](NC(=O)c1c(CN2CCC(N3CCCCC3)CC2)c(-c2ccccc2)nc2cc3c(cc12)OCCO3)C1CCCCC1. The van der Waals surface area contributed by atoms with Crippen molar-refractivity contribution >= 4 is 16.8 Å². The highest BCUT2D eigenvalue weighted by Crippen LogP contribution is 2.39. The molecule has 3 fully saturated rings. The van der Waals surface area contributed by atoms with Crippen molar-refractivity contribution in [3.8, 4) is 22.8 Å². The maximum Gasteiger partial charge on any atom is 0.252 e. The number of ether oxygens (including phenoxy) is 2. The molecule has 3 aliphatic heterocycles. The average Bonchev–Trinajstić information content (AvgIpc) is 3.08. The number of hydrogen-bond acceptors (Lipinski definition) is 6. The summed E-state index contributed by atoms with van der Waals surface area (Å²) in [4.78, 5) is 25.1. The van der Waals surface area contributed by atoms with Crippen molar-refractivity contribution in [2.45, 2.75) is 89.8 Å². The zero-order chi connectivity index (χ0) is 29.9. The third-order valence-electron chi connectivity index (χ3n) is 10.6. The fourth-order valence-electron chi connectivity index (χ4n) is 8.07. The number of nitrogens with one attached hydrogen (secondary N) is 1. The summed E-state index contributed by atoms with van der Waals surface area (Å²) in [5.41, 5.74) is 4.47. The molecule has 0 radical (unpaired) electrons. The van der Waals surface area contributed by atoms with Crippen LogP contribution in [-0.2, 0) is 6.54 Å². The Morgan fingerprint density at radius 3 is 2.30 bits per heavy atom. The van der Waals surface area contributed by atoms with Gasteiger partial charge in [-0.1, -0.05) is 56.0 Å². The molecule has 0 bridgehead atoms. The number of rotatable bonds is 7. The van der Waals surface area contributed by atoms with Crippen LogP contribution in [0.5, 0.6) is 11.5 Å². The van der Waals surface area contributed by atoms with Gasteiger partial charge in [-0.15, -0.1) is 0 Å². The van der Waals surface area contributed by atoms with Gasteiger partial charge in [-0.2, -0.15) is 0 Å². The third-order valence-corrected chi connectivity index (χ3v) is 10.6. The number of carbonyl (C=O) groups is 1. The molecule has 1 aromatic heterocycles. The maximum absolute atomic E-state index is 14.5. The van der Waals surface area contributed by atoms with Crippen LogP contribution in [-0.4, -0.2) is 72.2 Å². The molecule has 3 aromatic rings. The highest BCUT2D eigenvalue weighted by atomic mass is 16.6. The standard InChI is InChI=1S/C37H48N4O3/c1-26(27-11-5-2-6-12-27)38-37(42)35-30-23-33-34(44-22-21-43-33)24-32(30)39-36(28-13-7-3-8-14-28)31(35)25-40-19-15-29(16-20-40)41-17-9-4-10-18-41/h3,7-8,13-14,23-24,26-27,29H,2,4-6,9-12,15-22,25H2,1H3,(H,38,42)/t26-/m0/s1. The van der Waals surface area contributed by atoms with Crippen molar-refractivity contribution in [3.63, 3.8) is 0 Å². The lowest BCUT2D eigenvalue weighted by Gasteiger charge is -2.40. The van der Waals surface area contributed by atoms with Crippen LogP contribution in [0.2, 0.25) is 0 Å². The number of likely N-dealkylation sites (tertiary alicyclic amines) is 2. The van der Waals surface area contributed by atoms with E-state index in [-0.39, 0.29) is 11.9 Å². The van der Waals surface area contributed by atoms with Crippen molar-refractivity contribution in [3.05, 3.63) is 53.6 Å². The molecule has 44 heavy (non-hydrogen) atoms. The molecule has 7 nitrogen and oxygen atoms in total. The first-order chi connectivity index (χ1) is 21.6. The molecule has 7 rings (SSSR count). The fraction of sp³-hybridized carbons (Fsp3) is 0.568. The maximum atomic E-state index is 14.5. The minimum atomic E-state index is 0.00235. The van der Waals surface area contributed by atoms with Gasteiger partial charge in [-0.25, -0.2) is 4.98 Å². The van der Waals surface area contributed by atoms with E-state index >= 15 is 0 Å². The van der Waals surface area contributed by atoms with Gasteiger partial charge in [0, 0.05) is 41.2 Å². The van der Waals surface area contributed by atoms with Gasteiger partial charge in [0.2, 0.25) is 0 Å². The van der Waals surface area contributed by atoms with Gasteiger partial charge < -0.3 is 19.7 Å². The molecule has 1 saturated carbocycles. The molecular formula is C37H48N4O3. The summed E-state index contributed by atoms with van der Waals surface area (Å²) in [6, 6.07) is 15.2. The number of benzene rings is 2. The lowest BCUT2D eigenvalue weighted by Crippen LogP contribution is -2.46. The molecule has 0 unspecified atom stereocenters. The summed E-state index contributed by atoms with van der Waals surface area (Å²) in [7, 11) is 0. The number of amides is 1. The van der Waals surface area contributed by atoms with Crippen molar-refractivity contribution in [2.24, 2.45) is 5.92 Å². The second kappa shape index (κ2) is 13.5. The van der Waals surface area contributed by atoms with E-state index in [1.165, 1.54) is 77.3 Å². The van der Waals surface area contributed by atoms with Crippen molar-refractivity contribution in [1.29, 1.82) is 0 Å². The molecule has 1 amide bonds. The molecule has 2 aromatic carbocycles. The van der Waals surface area contributed by atoms with Crippen molar-refractivity contribution in [1.82, 2.24) is 20.1 Å². The van der Waals surface area contributed by atoms with Crippen molar-refractivity contribution < 1.29 is 14.3 Å². The number of hydrogen-bond donors (Lipinski definition) is 1. The highest BCUT2D eigenvalue weighted by molar-refractivity contribution is 6.09. The number of piperidine rings is 2. The molecule has 2 saturated heterocycles. The average molecular weight is 597 g/mol. The van der Waals surface area contributed by atoms with Gasteiger partial charge in [0.1, 0.15) is 13.2 Å². The van der Waals surface area contributed by atoms with E-state index in [0.29, 0.717) is 43.2 Å². The lowest BCUT2D eigenvalue weighted by molar-refractivity contribution is 0.0878. The normalized spacial score (nSPS) is 21.3. The smallest absolute Gasteiger partial charge is 0.252 e. The monoisotopic (exact) mass is 596 g/mol. The minimum Gasteiger partial charge on any atom is -0.486 e. The molecule has 1 atom stereocenters. The molecule has 234 valence electrons. The number of nitrogens with zero attached hydrogens (tertiary/aromatic N) is 3. The van der Waals surface area contributed by atoms with Crippen LogP contribution in [0.1, 0.15) is 87.1 Å². The van der Waals surface area contributed by atoms with Crippen LogP contribution in [0.25, 0.3) is 22.2 Å². The van der Waals surface area contributed by atoms with Gasteiger partial charge in [0.15, 0.2) is 11.5 Å². The molecular weight excluding hydrogens is 548 g/mol. The Balaban J connectivity index is 1.27. The largest absolute Gasteiger partial charge is 0.486 e. The Bertz CT molecular complexity index is 1440. The summed E-state index contributed by atoms with van der Waals surface area (Å²) < 4.78 is 12.0. The number of aromatic nitrogens is 1. The summed E-state index contributed by atoms with van der Waals surface area (Å²) >= 11 is 0. The van der Waals surface area contributed by atoms with Crippen LogP contribution >= 0.6 is 0 Å². The van der Waals surface area contributed by atoms with E-state index in [1.54, 1.807) is 0 Å². The number of pyridine rings is 1. The summed E-state index contributed by atoms with van der Waals surface area (Å²) in [6.07, 6.45) is 12.6. The highest BCUT2D eigenvalue weighted by Gasteiger charge is 2.31. The zero-order valence-corrected chi connectivity index (χ0v) is 26.4. The van der Waals surface area contributed by atoms with Crippen molar-refractivity contribution in [2.75, 3.05) is 39.4 Å².